The molecule has 4 heterocycles. The van der Waals surface area contributed by atoms with Gasteiger partial charge in [0.1, 0.15) is 5.82 Å². The van der Waals surface area contributed by atoms with E-state index in [1.807, 2.05) is 48.0 Å². The van der Waals surface area contributed by atoms with E-state index < -0.39 is 0 Å². The molecule has 1 fully saturated rings. The molecule has 11 heteroatoms. The Hall–Kier alpha value is -3.99. The van der Waals surface area contributed by atoms with Crippen LogP contribution in [0.5, 0.6) is 5.88 Å². The zero-order valence-corrected chi connectivity index (χ0v) is 22.3. The van der Waals surface area contributed by atoms with Gasteiger partial charge in [0.25, 0.3) is 5.95 Å². The summed E-state index contributed by atoms with van der Waals surface area (Å²) in [5, 5.41) is 14.8. The molecule has 1 aromatic carbocycles. The molecular weight excluding hydrogens is 484 g/mol. The van der Waals surface area contributed by atoms with Crippen molar-refractivity contribution in [2.75, 3.05) is 39.2 Å². The van der Waals surface area contributed by atoms with Gasteiger partial charge in [0.05, 0.1) is 18.8 Å². The normalized spacial score (nSPS) is 14.3. The van der Waals surface area contributed by atoms with Crippen molar-refractivity contribution in [3.63, 3.8) is 0 Å². The highest BCUT2D eigenvalue weighted by Gasteiger charge is 2.26. The van der Waals surface area contributed by atoms with Crippen molar-refractivity contribution in [1.29, 1.82) is 0 Å². The van der Waals surface area contributed by atoms with Gasteiger partial charge in [-0.2, -0.15) is 9.97 Å². The van der Waals surface area contributed by atoms with E-state index in [2.05, 4.69) is 10.00 Å². The van der Waals surface area contributed by atoms with E-state index in [0.717, 1.165) is 17.0 Å². The maximum atomic E-state index is 12.3. The molecule has 5 rings (SSSR count). The fourth-order valence-corrected chi connectivity index (χ4v) is 4.81. The maximum absolute atomic E-state index is 12.3. The summed E-state index contributed by atoms with van der Waals surface area (Å²) in [6, 6.07) is 9.92. The molecule has 3 aromatic heterocycles. The molecule has 0 aliphatic carbocycles. The SMILES string of the molecule is CCn1c(CCC(=O)N(C)C)nc2c(N3CCC(O)CC3)nc(-n3cc(-c4ccccc4)c(OC)n3)nc21. The largest absolute Gasteiger partial charge is 0.479 e. The zero-order chi connectivity index (χ0) is 26.8. The van der Waals surface area contributed by atoms with E-state index in [4.69, 9.17) is 19.7 Å². The van der Waals surface area contributed by atoms with Crippen LogP contribution >= 0.6 is 0 Å². The Morgan fingerprint density at radius 1 is 1.13 bits per heavy atom. The Labute approximate surface area is 221 Å². The van der Waals surface area contributed by atoms with Gasteiger partial charge >= 0.3 is 0 Å². The minimum absolute atomic E-state index is 0.0498. The number of nitrogens with zero attached hydrogens (tertiary/aromatic N) is 8. The fourth-order valence-electron chi connectivity index (χ4n) is 4.81. The van der Waals surface area contributed by atoms with Gasteiger partial charge in [-0.25, -0.2) is 9.67 Å². The third kappa shape index (κ3) is 4.93. The van der Waals surface area contributed by atoms with E-state index in [9.17, 15) is 9.90 Å². The van der Waals surface area contributed by atoms with Crippen molar-refractivity contribution < 1.29 is 14.6 Å². The molecule has 0 spiro atoms. The number of methoxy groups -OCH3 is 1. The van der Waals surface area contributed by atoms with E-state index in [1.54, 1.807) is 30.8 Å². The highest BCUT2D eigenvalue weighted by molar-refractivity contribution is 5.85. The first-order chi connectivity index (χ1) is 18.4. The maximum Gasteiger partial charge on any atom is 0.254 e. The van der Waals surface area contributed by atoms with Crippen LogP contribution in [0.4, 0.5) is 5.82 Å². The van der Waals surface area contributed by atoms with Gasteiger partial charge in [-0.15, -0.1) is 5.10 Å². The summed E-state index contributed by atoms with van der Waals surface area (Å²) in [6.07, 6.45) is 3.75. The van der Waals surface area contributed by atoms with Crippen LogP contribution in [-0.2, 0) is 17.8 Å². The van der Waals surface area contributed by atoms with E-state index in [0.29, 0.717) is 74.1 Å². The number of imidazole rings is 1. The van der Waals surface area contributed by atoms with E-state index in [1.165, 1.54) is 0 Å². The van der Waals surface area contributed by atoms with Crippen LogP contribution in [-0.4, -0.2) is 85.6 Å². The van der Waals surface area contributed by atoms with Crippen LogP contribution in [0.3, 0.4) is 0 Å². The minimum Gasteiger partial charge on any atom is -0.479 e. The highest BCUT2D eigenvalue weighted by Crippen LogP contribution is 2.32. The molecule has 0 unspecified atom stereocenters. The second-order valence-electron chi connectivity index (χ2n) is 9.66. The van der Waals surface area contributed by atoms with Crippen molar-refractivity contribution >= 4 is 22.9 Å². The standard InChI is InChI=1S/C27H34N8O3/c1-5-34-21(11-12-22(37)32(2)3)28-23-24(33-15-13-19(36)14-16-33)29-27(30-25(23)34)35-17-20(26(31-35)38-4)18-9-7-6-8-10-18/h6-10,17,19,36H,5,11-16H2,1-4H3. The second-order valence-corrected chi connectivity index (χ2v) is 9.66. The summed E-state index contributed by atoms with van der Waals surface area (Å²) in [5.74, 6) is 2.44. The van der Waals surface area contributed by atoms with Gasteiger partial charge in [-0.1, -0.05) is 30.3 Å². The number of rotatable bonds is 8. The van der Waals surface area contributed by atoms with Gasteiger partial charge in [-0.05, 0) is 25.3 Å². The summed E-state index contributed by atoms with van der Waals surface area (Å²) in [4.78, 5) is 30.8. The number of aryl methyl sites for hydroxylation is 2. The molecule has 0 saturated carbocycles. The van der Waals surface area contributed by atoms with Crippen LogP contribution in [0.2, 0.25) is 0 Å². The molecule has 11 nitrogen and oxygen atoms in total. The van der Waals surface area contributed by atoms with Gasteiger partial charge in [-0.3, -0.25) is 4.79 Å². The summed E-state index contributed by atoms with van der Waals surface area (Å²) < 4.78 is 9.28. The van der Waals surface area contributed by atoms with Crippen molar-refractivity contribution in [3.8, 4) is 23.0 Å². The molecule has 1 amide bonds. The highest BCUT2D eigenvalue weighted by atomic mass is 16.5. The van der Waals surface area contributed by atoms with Crippen LogP contribution in [0.25, 0.3) is 28.2 Å². The Morgan fingerprint density at radius 3 is 2.53 bits per heavy atom. The number of aliphatic hydroxyl groups excluding tert-OH is 1. The van der Waals surface area contributed by atoms with Gasteiger partial charge in [0.15, 0.2) is 17.0 Å². The topological polar surface area (TPSA) is 114 Å². The number of aliphatic hydroxyl groups is 1. The fraction of sp³-hybridized carbons (Fsp3) is 0.444. The second kappa shape index (κ2) is 10.8. The molecule has 1 N–H and O–H groups in total. The number of carbonyl (C=O) groups is 1. The minimum atomic E-state index is -0.312. The first-order valence-corrected chi connectivity index (χ1v) is 13.0. The van der Waals surface area contributed by atoms with Crippen molar-refractivity contribution in [2.24, 2.45) is 0 Å². The van der Waals surface area contributed by atoms with Gasteiger partial charge in [0.2, 0.25) is 11.8 Å². The van der Waals surface area contributed by atoms with E-state index >= 15 is 0 Å². The molecule has 200 valence electrons. The Kier molecular flexibility index (Phi) is 7.28. The zero-order valence-electron chi connectivity index (χ0n) is 22.3. The number of aromatic nitrogens is 6. The number of fused-ring (bicyclic) bond motifs is 1. The number of carbonyl (C=O) groups excluding carboxylic acids is 1. The van der Waals surface area contributed by atoms with E-state index in [-0.39, 0.29) is 12.0 Å². The first-order valence-electron chi connectivity index (χ1n) is 13.0. The molecule has 1 saturated heterocycles. The van der Waals surface area contributed by atoms with Crippen molar-refractivity contribution in [3.05, 3.63) is 42.4 Å². The molecule has 1 aliphatic heterocycles. The molecule has 0 bridgehead atoms. The van der Waals surface area contributed by atoms with Gasteiger partial charge in [0, 0.05) is 52.8 Å². The number of ether oxygens (including phenoxy) is 1. The Morgan fingerprint density at radius 2 is 1.87 bits per heavy atom. The van der Waals surface area contributed by atoms with Gasteiger partial charge < -0.3 is 24.2 Å². The molecule has 0 atom stereocenters. The molecule has 4 aromatic rings. The summed E-state index contributed by atoms with van der Waals surface area (Å²) >= 11 is 0. The molecule has 1 aliphatic rings. The number of anilines is 1. The lowest BCUT2D eigenvalue weighted by molar-refractivity contribution is -0.128. The monoisotopic (exact) mass is 518 g/mol. The Bertz CT molecular complexity index is 1420. The smallest absolute Gasteiger partial charge is 0.254 e. The molecule has 38 heavy (non-hydrogen) atoms. The average molecular weight is 519 g/mol. The number of hydrogen-bond donors (Lipinski definition) is 1. The lowest BCUT2D eigenvalue weighted by atomic mass is 10.1. The van der Waals surface area contributed by atoms with Crippen LogP contribution < -0.4 is 9.64 Å². The van der Waals surface area contributed by atoms with Crippen LogP contribution in [0, 0.1) is 0 Å². The molecular formula is C27H34N8O3. The third-order valence-electron chi connectivity index (χ3n) is 6.95. The third-order valence-corrected chi connectivity index (χ3v) is 6.95. The number of benzene rings is 1. The van der Waals surface area contributed by atoms with Crippen molar-refractivity contribution in [1.82, 2.24) is 34.2 Å². The predicted octanol–water partition coefficient (Wildman–Crippen LogP) is 2.69. The number of amides is 1. The average Bonchev–Trinajstić information content (AvgIpc) is 3.53. The molecule has 0 radical (unpaired) electrons. The summed E-state index contributed by atoms with van der Waals surface area (Å²) in [5.41, 5.74) is 3.21. The summed E-state index contributed by atoms with van der Waals surface area (Å²) in [7, 11) is 5.11. The first kappa shape index (κ1) is 25.7. The van der Waals surface area contributed by atoms with Crippen LogP contribution in [0.1, 0.15) is 32.0 Å². The Balaban J connectivity index is 1.63. The summed E-state index contributed by atoms with van der Waals surface area (Å²) in [6.45, 7) is 4.02. The lowest BCUT2D eigenvalue weighted by Gasteiger charge is -2.30. The van der Waals surface area contributed by atoms with Crippen molar-refractivity contribution in [2.45, 2.75) is 45.3 Å². The van der Waals surface area contributed by atoms with Crippen LogP contribution in [0.15, 0.2) is 36.5 Å². The predicted molar refractivity (Wildman–Crippen MR) is 145 cm³/mol. The number of piperidine rings is 1. The number of hydrogen-bond acceptors (Lipinski definition) is 8. The lowest BCUT2D eigenvalue weighted by Crippen LogP contribution is -2.36. The quantitative estimate of drug-likeness (QED) is 0.379.